The van der Waals surface area contributed by atoms with Crippen molar-refractivity contribution in [2.75, 3.05) is 24.4 Å². The molecule has 12 heteroatoms. The average Bonchev–Trinajstić information content (AvgIpc) is 2.67. The Kier molecular flexibility index (Phi) is 7.37. The molecule has 1 N–H and O–H groups in total. The van der Waals surface area contributed by atoms with Gasteiger partial charge >= 0.3 is 0 Å². The number of hydrogen-bond donors (Lipinski definition) is 1. The fraction of sp³-hybridized carbons (Fsp3) is 0.333. The molecule has 0 heterocycles. The molecule has 0 atom stereocenters. The van der Waals surface area contributed by atoms with Crippen molar-refractivity contribution in [3.05, 3.63) is 47.8 Å². The van der Waals surface area contributed by atoms with Crippen LogP contribution in [0.3, 0.4) is 0 Å². The van der Waals surface area contributed by atoms with E-state index in [-0.39, 0.29) is 36.0 Å². The Morgan fingerprint density at radius 1 is 0.900 bits per heavy atom. The van der Waals surface area contributed by atoms with Crippen LogP contribution in [-0.2, 0) is 20.0 Å². The van der Waals surface area contributed by atoms with Crippen molar-refractivity contribution < 1.29 is 34.7 Å². The summed E-state index contributed by atoms with van der Waals surface area (Å²) in [5.41, 5.74) is -0.228. The van der Waals surface area contributed by atoms with E-state index in [1.54, 1.807) is 20.8 Å². The number of anilines is 1. The van der Waals surface area contributed by atoms with Gasteiger partial charge < -0.3 is 4.74 Å². The van der Waals surface area contributed by atoms with Gasteiger partial charge in [-0.25, -0.2) is 30.0 Å². The number of sulfonamides is 2. The lowest BCUT2D eigenvalue weighted by Gasteiger charge is -2.21. The van der Waals surface area contributed by atoms with E-state index in [0.29, 0.717) is 12.1 Å². The third-order valence-electron chi connectivity index (χ3n) is 4.11. The average molecular weight is 467 g/mol. The van der Waals surface area contributed by atoms with Crippen molar-refractivity contribution in [1.82, 2.24) is 4.31 Å². The third-order valence-corrected chi connectivity index (χ3v) is 7.58. The Bertz CT molecular complexity index is 1130. The lowest BCUT2D eigenvalue weighted by molar-refractivity contribution is 0.329. The van der Waals surface area contributed by atoms with Crippen molar-refractivity contribution in [3.63, 3.8) is 0 Å². The maximum Gasteiger partial charge on any atom is 0.264 e. The summed E-state index contributed by atoms with van der Waals surface area (Å²) in [4.78, 5) is -1.41. The lowest BCUT2D eigenvalue weighted by atomic mass is 10.3. The predicted octanol–water partition coefficient (Wildman–Crippen LogP) is 3.33. The molecule has 0 aromatic heterocycles. The molecular formula is C18H21F3N2O5S2. The van der Waals surface area contributed by atoms with E-state index in [4.69, 9.17) is 4.74 Å². The van der Waals surface area contributed by atoms with E-state index < -0.39 is 42.4 Å². The van der Waals surface area contributed by atoms with Gasteiger partial charge in [0.1, 0.15) is 15.5 Å². The molecule has 7 nitrogen and oxygen atoms in total. The summed E-state index contributed by atoms with van der Waals surface area (Å²) in [7, 11) is -8.71. The van der Waals surface area contributed by atoms with Gasteiger partial charge in [0.2, 0.25) is 10.0 Å². The highest BCUT2D eigenvalue weighted by molar-refractivity contribution is 7.92. The minimum Gasteiger partial charge on any atom is -0.492 e. The van der Waals surface area contributed by atoms with Crippen LogP contribution < -0.4 is 9.46 Å². The molecule has 2 aromatic carbocycles. The van der Waals surface area contributed by atoms with Crippen LogP contribution in [0.25, 0.3) is 0 Å². The lowest BCUT2D eigenvalue weighted by Crippen LogP contribution is -2.31. The maximum atomic E-state index is 13.9. The summed E-state index contributed by atoms with van der Waals surface area (Å²) < 4.78 is 99.8. The first-order valence-electron chi connectivity index (χ1n) is 8.92. The summed E-state index contributed by atoms with van der Waals surface area (Å²) in [5, 5.41) is 0. The zero-order valence-electron chi connectivity index (χ0n) is 16.4. The molecule has 0 aliphatic rings. The molecule has 0 radical (unpaired) electrons. The van der Waals surface area contributed by atoms with E-state index in [1.807, 2.05) is 4.72 Å². The molecule has 0 unspecified atom stereocenters. The first-order chi connectivity index (χ1) is 14.0. The van der Waals surface area contributed by atoms with Crippen LogP contribution in [-0.4, -0.2) is 40.8 Å². The first kappa shape index (κ1) is 24.0. The van der Waals surface area contributed by atoms with Crippen molar-refractivity contribution in [1.29, 1.82) is 0 Å². The molecule has 166 valence electrons. The number of rotatable bonds is 9. The maximum absolute atomic E-state index is 13.9. The minimum absolute atomic E-state index is 0.00588. The Morgan fingerprint density at radius 3 is 2.10 bits per heavy atom. The molecule has 0 aliphatic carbocycles. The topological polar surface area (TPSA) is 92.8 Å². The molecule has 2 aromatic rings. The number of benzene rings is 2. The molecule has 0 saturated carbocycles. The van der Waals surface area contributed by atoms with Gasteiger partial charge in [-0.2, -0.15) is 4.31 Å². The second-order valence-corrected chi connectivity index (χ2v) is 9.52. The number of halogens is 3. The van der Waals surface area contributed by atoms with E-state index >= 15 is 0 Å². The van der Waals surface area contributed by atoms with Crippen molar-refractivity contribution in [3.8, 4) is 5.75 Å². The van der Waals surface area contributed by atoms with Crippen LogP contribution in [0.2, 0.25) is 0 Å². The zero-order valence-corrected chi connectivity index (χ0v) is 18.1. The highest BCUT2D eigenvalue weighted by Crippen LogP contribution is 2.31. The molecule has 30 heavy (non-hydrogen) atoms. The Labute approximate surface area is 173 Å². The van der Waals surface area contributed by atoms with Gasteiger partial charge in [0, 0.05) is 13.1 Å². The standard InChI is InChI=1S/C18H21F3N2O5S2/c1-4-23(5-2)30(26,27)16-11-12(7-9-14(16)28-6-3)22-29(24,25)15-10-8-13(19)17(20)18(15)21/h7-11,22H,4-6H2,1-3H3. The molecule has 0 aliphatic heterocycles. The molecule has 0 fully saturated rings. The Morgan fingerprint density at radius 2 is 1.53 bits per heavy atom. The summed E-state index contributed by atoms with van der Waals surface area (Å²) >= 11 is 0. The van der Waals surface area contributed by atoms with Gasteiger partial charge in [0.15, 0.2) is 17.5 Å². The molecule has 2 rings (SSSR count). The first-order valence-corrected chi connectivity index (χ1v) is 11.8. The van der Waals surface area contributed by atoms with E-state index in [1.165, 1.54) is 12.1 Å². The van der Waals surface area contributed by atoms with E-state index in [9.17, 15) is 30.0 Å². The SMILES string of the molecule is CCOc1ccc(NS(=O)(=O)c2ccc(F)c(F)c2F)cc1S(=O)(=O)N(CC)CC. The van der Waals surface area contributed by atoms with Gasteiger partial charge in [-0.3, -0.25) is 4.72 Å². The van der Waals surface area contributed by atoms with Crippen molar-refractivity contribution in [2.45, 2.75) is 30.6 Å². The van der Waals surface area contributed by atoms with Crippen LogP contribution in [0.4, 0.5) is 18.9 Å². The molecule has 0 saturated heterocycles. The third kappa shape index (κ3) is 4.71. The van der Waals surface area contributed by atoms with Gasteiger partial charge in [0.25, 0.3) is 10.0 Å². The van der Waals surface area contributed by atoms with Crippen LogP contribution in [0.15, 0.2) is 40.1 Å². The smallest absolute Gasteiger partial charge is 0.264 e. The fourth-order valence-electron chi connectivity index (χ4n) is 2.68. The van der Waals surface area contributed by atoms with Crippen molar-refractivity contribution in [2.24, 2.45) is 0 Å². The van der Waals surface area contributed by atoms with Crippen molar-refractivity contribution >= 4 is 25.7 Å². The normalized spacial score (nSPS) is 12.2. The zero-order chi connectivity index (χ0) is 22.7. The number of ether oxygens (including phenoxy) is 1. The minimum atomic E-state index is -4.68. The molecule has 0 bridgehead atoms. The van der Waals surface area contributed by atoms with E-state index in [2.05, 4.69) is 0 Å². The summed E-state index contributed by atoms with van der Waals surface area (Å²) in [6.45, 7) is 5.42. The molecule has 0 amide bonds. The largest absolute Gasteiger partial charge is 0.492 e. The highest BCUT2D eigenvalue weighted by atomic mass is 32.2. The fourth-order valence-corrected chi connectivity index (χ4v) is 5.41. The van der Waals surface area contributed by atoms with Crippen LogP contribution in [0.1, 0.15) is 20.8 Å². The van der Waals surface area contributed by atoms with Crippen LogP contribution in [0, 0.1) is 17.5 Å². The number of nitrogens with zero attached hydrogens (tertiary/aromatic N) is 1. The summed E-state index contributed by atoms with van der Waals surface area (Å²) in [6, 6.07) is 4.52. The monoisotopic (exact) mass is 466 g/mol. The van der Waals surface area contributed by atoms with Crippen LogP contribution in [0.5, 0.6) is 5.75 Å². The summed E-state index contributed by atoms with van der Waals surface area (Å²) in [5.74, 6) is -5.36. The van der Waals surface area contributed by atoms with Crippen LogP contribution >= 0.6 is 0 Å². The molecule has 0 spiro atoms. The molecular weight excluding hydrogens is 445 g/mol. The number of nitrogens with one attached hydrogen (secondary N) is 1. The predicted molar refractivity (Wildman–Crippen MR) is 105 cm³/mol. The Balaban J connectivity index is 2.55. The second kappa shape index (κ2) is 9.23. The van der Waals surface area contributed by atoms with Gasteiger partial charge in [-0.1, -0.05) is 13.8 Å². The highest BCUT2D eigenvalue weighted by Gasteiger charge is 2.28. The summed E-state index contributed by atoms with van der Waals surface area (Å²) in [6.07, 6.45) is 0. The van der Waals surface area contributed by atoms with Gasteiger partial charge in [-0.15, -0.1) is 0 Å². The number of hydrogen-bond acceptors (Lipinski definition) is 5. The second-order valence-electron chi connectivity index (χ2n) is 5.96. The quantitative estimate of drug-likeness (QED) is 0.573. The Hall–Kier alpha value is -2.31. The van der Waals surface area contributed by atoms with E-state index in [0.717, 1.165) is 10.4 Å². The van der Waals surface area contributed by atoms with Gasteiger partial charge in [-0.05, 0) is 37.3 Å². The van der Waals surface area contributed by atoms with Gasteiger partial charge in [0.05, 0.1) is 12.3 Å².